The molecule has 2 aromatic rings. The van der Waals surface area contributed by atoms with Crippen LogP contribution in [0.2, 0.25) is 0 Å². The van der Waals surface area contributed by atoms with Crippen molar-refractivity contribution in [3.8, 4) is 0 Å². The van der Waals surface area contributed by atoms with E-state index in [2.05, 4.69) is 0 Å². The highest BCUT2D eigenvalue weighted by Gasteiger charge is 2.23. The van der Waals surface area contributed by atoms with E-state index in [0.717, 1.165) is 43.5 Å². The largest absolute Gasteiger partial charge is 0.478 e. The Balaban J connectivity index is 1.44. The minimum Gasteiger partial charge on any atom is -0.478 e. The number of rotatable bonds is 6. The Bertz CT molecular complexity index is 795. The Morgan fingerprint density at radius 1 is 1.04 bits per heavy atom. The molecule has 142 valence electrons. The third kappa shape index (κ3) is 5.16. The summed E-state index contributed by atoms with van der Waals surface area (Å²) in [6.45, 7) is 1.44. The molecule has 1 heterocycles. The molecule has 0 aromatic heterocycles. The number of carboxylic acid groups (broad SMARTS) is 1. The van der Waals surface area contributed by atoms with Crippen molar-refractivity contribution in [1.82, 2.24) is 4.90 Å². The number of aryl methyl sites for hydroxylation is 1. The van der Waals surface area contributed by atoms with Gasteiger partial charge in [0.25, 0.3) is 0 Å². The van der Waals surface area contributed by atoms with Crippen LogP contribution in [0, 0.1) is 11.7 Å². The third-order valence-corrected chi connectivity index (χ3v) is 5.26. The van der Waals surface area contributed by atoms with Gasteiger partial charge < -0.3 is 10.0 Å². The number of hydrogen-bond acceptors (Lipinski definition) is 2. The van der Waals surface area contributed by atoms with E-state index in [9.17, 15) is 14.0 Å². The van der Waals surface area contributed by atoms with Gasteiger partial charge in [-0.05, 0) is 60.9 Å². The van der Waals surface area contributed by atoms with Gasteiger partial charge in [-0.1, -0.05) is 30.3 Å². The van der Waals surface area contributed by atoms with Crippen LogP contribution >= 0.6 is 0 Å². The first-order valence-corrected chi connectivity index (χ1v) is 9.36. The molecular formula is C22H24FNO3. The SMILES string of the molecule is O=C(O)c1ccc(CCC(=O)N2CCC(Cc3ccccc3F)CC2)cc1. The number of halogens is 1. The van der Waals surface area contributed by atoms with Gasteiger partial charge in [-0.25, -0.2) is 9.18 Å². The molecule has 0 saturated carbocycles. The maximum Gasteiger partial charge on any atom is 0.335 e. The molecule has 0 spiro atoms. The minimum absolute atomic E-state index is 0.127. The maximum atomic E-state index is 13.8. The van der Waals surface area contributed by atoms with Crippen molar-refractivity contribution < 1.29 is 19.1 Å². The minimum atomic E-state index is -0.948. The highest BCUT2D eigenvalue weighted by Crippen LogP contribution is 2.23. The highest BCUT2D eigenvalue weighted by molar-refractivity contribution is 5.87. The van der Waals surface area contributed by atoms with Crippen LogP contribution in [-0.4, -0.2) is 35.0 Å². The van der Waals surface area contributed by atoms with E-state index >= 15 is 0 Å². The van der Waals surface area contributed by atoms with Crippen molar-refractivity contribution in [2.45, 2.75) is 32.1 Å². The lowest BCUT2D eigenvalue weighted by Gasteiger charge is -2.32. The molecule has 1 aliphatic heterocycles. The van der Waals surface area contributed by atoms with E-state index in [1.807, 2.05) is 17.0 Å². The normalized spacial score (nSPS) is 14.9. The van der Waals surface area contributed by atoms with Crippen LogP contribution in [0.5, 0.6) is 0 Å². The molecule has 0 unspecified atom stereocenters. The fraction of sp³-hybridized carbons (Fsp3) is 0.364. The van der Waals surface area contributed by atoms with E-state index in [4.69, 9.17) is 5.11 Å². The van der Waals surface area contributed by atoms with Gasteiger partial charge in [0.1, 0.15) is 5.82 Å². The van der Waals surface area contributed by atoms with Crippen molar-refractivity contribution in [2.75, 3.05) is 13.1 Å². The summed E-state index contributed by atoms with van der Waals surface area (Å²) in [6, 6.07) is 13.6. The molecule has 1 aliphatic rings. The molecule has 2 aromatic carbocycles. The molecule has 3 rings (SSSR count). The van der Waals surface area contributed by atoms with E-state index < -0.39 is 5.97 Å². The van der Waals surface area contributed by atoms with E-state index in [1.54, 1.807) is 30.3 Å². The first-order chi connectivity index (χ1) is 13.0. The highest BCUT2D eigenvalue weighted by atomic mass is 19.1. The summed E-state index contributed by atoms with van der Waals surface area (Å²) in [5, 5.41) is 8.91. The second-order valence-corrected chi connectivity index (χ2v) is 7.12. The topological polar surface area (TPSA) is 57.6 Å². The molecule has 27 heavy (non-hydrogen) atoms. The molecule has 1 fully saturated rings. The van der Waals surface area contributed by atoms with Gasteiger partial charge in [0.2, 0.25) is 5.91 Å². The van der Waals surface area contributed by atoms with Crippen LogP contribution in [0.4, 0.5) is 4.39 Å². The number of benzene rings is 2. The fourth-order valence-corrected chi connectivity index (χ4v) is 3.58. The lowest BCUT2D eigenvalue weighted by atomic mass is 9.90. The molecular weight excluding hydrogens is 345 g/mol. The third-order valence-electron chi connectivity index (χ3n) is 5.26. The van der Waals surface area contributed by atoms with E-state index in [1.165, 1.54) is 6.07 Å². The summed E-state index contributed by atoms with van der Waals surface area (Å²) in [5.74, 6) is -0.558. The fourth-order valence-electron chi connectivity index (χ4n) is 3.58. The van der Waals surface area contributed by atoms with Crippen molar-refractivity contribution in [1.29, 1.82) is 0 Å². The molecule has 5 heteroatoms. The Hall–Kier alpha value is -2.69. The molecule has 0 radical (unpaired) electrons. The molecule has 1 amide bonds. The summed E-state index contributed by atoms with van der Waals surface area (Å²) in [5.41, 5.74) is 1.97. The summed E-state index contributed by atoms with van der Waals surface area (Å²) in [7, 11) is 0. The molecule has 1 N–H and O–H groups in total. The van der Waals surface area contributed by atoms with Crippen LogP contribution in [0.1, 0.15) is 40.7 Å². The molecule has 0 aliphatic carbocycles. The van der Waals surface area contributed by atoms with Gasteiger partial charge in [-0.3, -0.25) is 4.79 Å². The standard InChI is InChI=1S/C22H24FNO3/c23-20-4-2-1-3-19(20)15-17-11-13-24(14-12-17)21(25)10-7-16-5-8-18(9-6-16)22(26)27/h1-6,8-9,17H,7,10-15H2,(H,26,27). The first-order valence-electron chi connectivity index (χ1n) is 9.36. The van der Waals surface area contributed by atoms with Gasteiger partial charge in [0.05, 0.1) is 5.56 Å². The van der Waals surface area contributed by atoms with E-state index in [0.29, 0.717) is 18.8 Å². The number of nitrogens with zero attached hydrogens (tertiary/aromatic N) is 1. The predicted molar refractivity (Wildman–Crippen MR) is 101 cm³/mol. The zero-order chi connectivity index (χ0) is 19.2. The Kier molecular flexibility index (Phi) is 6.22. The Labute approximate surface area is 158 Å². The number of carboxylic acids is 1. The second kappa shape index (κ2) is 8.80. The van der Waals surface area contributed by atoms with Gasteiger partial charge in [0, 0.05) is 19.5 Å². The Morgan fingerprint density at radius 3 is 2.33 bits per heavy atom. The van der Waals surface area contributed by atoms with Gasteiger partial charge >= 0.3 is 5.97 Å². The number of hydrogen-bond donors (Lipinski definition) is 1. The summed E-state index contributed by atoms with van der Waals surface area (Å²) < 4.78 is 13.8. The number of piperidine rings is 1. The molecule has 0 bridgehead atoms. The van der Waals surface area contributed by atoms with Crippen LogP contribution in [0.25, 0.3) is 0 Å². The van der Waals surface area contributed by atoms with E-state index in [-0.39, 0.29) is 17.3 Å². The van der Waals surface area contributed by atoms with Gasteiger partial charge in [0.15, 0.2) is 0 Å². The average Bonchev–Trinajstić information content (AvgIpc) is 2.69. The van der Waals surface area contributed by atoms with Crippen molar-refractivity contribution in [3.05, 3.63) is 71.0 Å². The van der Waals surface area contributed by atoms with Crippen LogP contribution in [-0.2, 0) is 17.6 Å². The Morgan fingerprint density at radius 2 is 1.70 bits per heavy atom. The van der Waals surface area contributed by atoms with Crippen molar-refractivity contribution >= 4 is 11.9 Å². The monoisotopic (exact) mass is 369 g/mol. The number of likely N-dealkylation sites (tertiary alicyclic amines) is 1. The smallest absolute Gasteiger partial charge is 0.335 e. The lowest BCUT2D eigenvalue weighted by molar-refractivity contribution is -0.132. The molecule has 0 atom stereocenters. The number of carbonyl (C=O) groups excluding carboxylic acids is 1. The zero-order valence-electron chi connectivity index (χ0n) is 15.2. The van der Waals surface area contributed by atoms with Gasteiger partial charge in [-0.2, -0.15) is 0 Å². The number of aromatic carboxylic acids is 1. The number of amides is 1. The molecule has 1 saturated heterocycles. The van der Waals surface area contributed by atoms with Crippen LogP contribution in [0.15, 0.2) is 48.5 Å². The zero-order valence-corrected chi connectivity index (χ0v) is 15.2. The first kappa shape index (κ1) is 19.1. The van der Waals surface area contributed by atoms with Crippen molar-refractivity contribution in [3.63, 3.8) is 0 Å². The quantitative estimate of drug-likeness (QED) is 0.839. The summed E-state index contributed by atoms with van der Waals surface area (Å²) in [6.07, 6.45) is 3.55. The second-order valence-electron chi connectivity index (χ2n) is 7.12. The average molecular weight is 369 g/mol. The summed E-state index contributed by atoms with van der Waals surface area (Å²) in [4.78, 5) is 25.2. The maximum absolute atomic E-state index is 13.8. The number of carbonyl (C=O) groups is 2. The lowest BCUT2D eigenvalue weighted by Crippen LogP contribution is -2.39. The van der Waals surface area contributed by atoms with Crippen molar-refractivity contribution in [2.24, 2.45) is 5.92 Å². The predicted octanol–water partition coefficient (Wildman–Crippen LogP) is 3.94. The van der Waals surface area contributed by atoms with Crippen LogP contribution in [0.3, 0.4) is 0 Å². The molecule has 4 nitrogen and oxygen atoms in total. The summed E-state index contributed by atoms with van der Waals surface area (Å²) >= 11 is 0. The van der Waals surface area contributed by atoms with Crippen LogP contribution < -0.4 is 0 Å². The van der Waals surface area contributed by atoms with Gasteiger partial charge in [-0.15, -0.1) is 0 Å².